The number of aliphatic hydroxyl groups is 7. The van der Waals surface area contributed by atoms with Crippen molar-refractivity contribution in [2.45, 2.75) is 248 Å². The van der Waals surface area contributed by atoms with Gasteiger partial charge in [-0.1, -0.05) is 165 Å². The van der Waals surface area contributed by atoms with E-state index in [4.69, 9.17) is 28.4 Å². The van der Waals surface area contributed by atoms with Gasteiger partial charge in [-0.3, -0.25) is 9.59 Å². The van der Waals surface area contributed by atoms with Crippen molar-refractivity contribution in [3.63, 3.8) is 0 Å². The first-order chi connectivity index (χ1) is 33.0. The van der Waals surface area contributed by atoms with E-state index in [1.54, 1.807) is 0 Å². The Bertz CT molecular complexity index is 1370. The molecule has 0 radical (unpaired) electrons. The lowest BCUT2D eigenvalue weighted by Crippen LogP contribution is -2.61. The number of allylic oxidation sites excluding steroid dienone is 8. The van der Waals surface area contributed by atoms with E-state index in [9.17, 15) is 45.3 Å². The summed E-state index contributed by atoms with van der Waals surface area (Å²) in [6, 6.07) is 0. The van der Waals surface area contributed by atoms with Crippen LogP contribution in [0.15, 0.2) is 48.6 Å². The van der Waals surface area contributed by atoms with Crippen LogP contribution in [0.25, 0.3) is 0 Å². The van der Waals surface area contributed by atoms with Crippen LogP contribution in [-0.2, 0) is 38.0 Å². The molecule has 394 valence electrons. The lowest BCUT2D eigenvalue weighted by molar-refractivity contribution is -0.332. The van der Waals surface area contributed by atoms with Crippen LogP contribution in [0.1, 0.15) is 181 Å². The summed E-state index contributed by atoms with van der Waals surface area (Å²) in [5.41, 5.74) is 0. The third kappa shape index (κ3) is 27.7. The van der Waals surface area contributed by atoms with Gasteiger partial charge in [-0.05, 0) is 51.4 Å². The molecule has 2 aliphatic heterocycles. The van der Waals surface area contributed by atoms with Gasteiger partial charge in [0.1, 0.15) is 55.4 Å². The number of carbonyl (C=O) groups excluding carboxylic acids is 2. The topological polar surface area (TPSA) is 231 Å². The number of ether oxygens (including phenoxy) is 6. The Hall–Kier alpha value is -2.54. The molecule has 4 unspecified atom stereocenters. The molecule has 7 N–H and O–H groups in total. The maximum absolute atomic E-state index is 13.0. The number of carbonyl (C=O) groups is 2. The molecule has 2 rings (SSSR count). The SMILES string of the molecule is CC/C=C/C/C=C/C/C=C/C/C=C/CCCCC(=O)O[C@@H](COC(=O)CCCCCCCCCCCCCCCCCCC)CO[C@@H]1O[C@H](CO[C@@H]2O[C@H](CO)[C@H](O)C(O)C2O)[C@H](O)C(O)C1O. The molecule has 15 heteroatoms. The van der Waals surface area contributed by atoms with Crippen LogP contribution in [0.5, 0.6) is 0 Å². The van der Waals surface area contributed by atoms with Gasteiger partial charge >= 0.3 is 11.9 Å². The highest BCUT2D eigenvalue weighted by Crippen LogP contribution is 2.26. The van der Waals surface area contributed by atoms with Gasteiger partial charge in [0, 0.05) is 12.8 Å². The number of esters is 2. The van der Waals surface area contributed by atoms with Crippen molar-refractivity contribution in [3.8, 4) is 0 Å². The summed E-state index contributed by atoms with van der Waals surface area (Å²) in [6.45, 7) is 2.44. The number of hydrogen-bond donors (Lipinski definition) is 7. The molecule has 68 heavy (non-hydrogen) atoms. The summed E-state index contributed by atoms with van der Waals surface area (Å²) >= 11 is 0. The zero-order valence-corrected chi connectivity index (χ0v) is 41.6. The van der Waals surface area contributed by atoms with Gasteiger partial charge in [-0.25, -0.2) is 0 Å². The third-order valence-electron chi connectivity index (χ3n) is 12.3. The molecule has 2 fully saturated rings. The fourth-order valence-corrected chi connectivity index (χ4v) is 8.03. The summed E-state index contributed by atoms with van der Waals surface area (Å²) in [7, 11) is 0. The molecule has 2 saturated heterocycles. The number of hydrogen-bond acceptors (Lipinski definition) is 15. The van der Waals surface area contributed by atoms with E-state index in [-0.39, 0.29) is 19.4 Å². The molecule has 0 saturated carbocycles. The molecule has 15 nitrogen and oxygen atoms in total. The van der Waals surface area contributed by atoms with Gasteiger partial charge in [0.15, 0.2) is 18.7 Å². The maximum atomic E-state index is 13.0. The average molecular weight is 969 g/mol. The number of unbranched alkanes of at least 4 members (excludes halogenated alkanes) is 18. The highest BCUT2D eigenvalue weighted by molar-refractivity contribution is 5.70. The highest BCUT2D eigenvalue weighted by Gasteiger charge is 2.47. The van der Waals surface area contributed by atoms with Crippen molar-refractivity contribution in [1.82, 2.24) is 0 Å². The zero-order valence-electron chi connectivity index (χ0n) is 41.6. The molecule has 2 heterocycles. The van der Waals surface area contributed by atoms with Gasteiger partial charge in [0.25, 0.3) is 0 Å². The van der Waals surface area contributed by atoms with Crippen molar-refractivity contribution in [3.05, 3.63) is 48.6 Å². The molecular weight excluding hydrogens is 877 g/mol. The first-order valence-electron chi connectivity index (χ1n) is 26.2. The van der Waals surface area contributed by atoms with Crippen molar-refractivity contribution in [2.24, 2.45) is 0 Å². The minimum Gasteiger partial charge on any atom is -0.462 e. The Morgan fingerprint density at radius 2 is 0.926 bits per heavy atom. The second kappa shape index (κ2) is 40.1. The van der Waals surface area contributed by atoms with Gasteiger partial charge in [-0.15, -0.1) is 0 Å². The van der Waals surface area contributed by atoms with Crippen LogP contribution in [0.4, 0.5) is 0 Å². The lowest BCUT2D eigenvalue weighted by Gasteiger charge is -2.42. The Labute approximate surface area is 408 Å². The Morgan fingerprint density at radius 1 is 0.485 bits per heavy atom. The molecule has 0 aromatic rings. The van der Waals surface area contributed by atoms with Crippen LogP contribution in [0.2, 0.25) is 0 Å². The molecule has 0 aromatic heterocycles. The van der Waals surface area contributed by atoms with E-state index >= 15 is 0 Å². The van der Waals surface area contributed by atoms with Gasteiger partial charge < -0.3 is 64.2 Å². The largest absolute Gasteiger partial charge is 0.462 e. The Morgan fingerprint density at radius 3 is 1.46 bits per heavy atom. The summed E-state index contributed by atoms with van der Waals surface area (Å²) in [6.07, 6.45) is 27.1. The molecule has 0 spiro atoms. The minimum atomic E-state index is -1.77. The lowest BCUT2D eigenvalue weighted by atomic mass is 9.98. The maximum Gasteiger partial charge on any atom is 0.306 e. The Kier molecular flexibility index (Phi) is 36.3. The van der Waals surface area contributed by atoms with E-state index in [1.807, 2.05) is 0 Å². The molecule has 0 bridgehead atoms. The van der Waals surface area contributed by atoms with Crippen LogP contribution in [-0.4, -0.2) is 142 Å². The second-order valence-corrected chi connectivity index (χ2v) is 18.3. The van der Waals surface area contributed by atoms with Crippen LogP contribution in [0, 0.1) is 0 Å². The predicted octanol–water partition coefficient (Wildman–Crippen LogP) is 7.49. The van der Waals surface area contributed by atoms with E-state index in [0.717, 1.165) is 57.8 Å². The smallest absolute Gasteiger partial charge is 0.306 e. The first kappa shape index (κ1) is 61.6. The summed E-state index contributed by atoms with van der Waals surface area (Å²) in [4.78, 5) is 25.8. The van der Waals surface area contributed by atoms with Crippen LogP contribution >= 0.6 is 0 Å². The van der Waals surface area contributed by atoms with E-state index in [2.05, 4.69) is 62.5 Å². The van der Waals surface area contributed by atoms with Crippen molar-refractivity contribution >= 4 is 11.9 Å². The molecular formula is C53H92O15. The van der Waals surface area contributed by atoms with E-state index in [0.29, 0.717) is 12.8 Å². The average Bonchev–Trinajstić information content (AvgIpc) is 3.33. The predicted molar refractivity (Wildman–Crippen MR) is 261 cm³/mol. The van der Waals surface area contributed by atoms with E-state index in [1.165, 1.54) is 83.5 Å². The summed E-state index contributed by atoms with van der Waals surface area (Å²) in [5.74, 6) is -0.970. The summed E-state index contributed by atoms with van der Waals surface area (Å²) in [5, 5.41) is 72.1. The van der Waals surface area contributed by atoms with Gasteiger partial charge in [0.2, 0.25) is 0 Å². The standard InChI is InChI=1S/C53H92O15/c1-3-5-7-9-11-13-15-17-19-20-22-23-25-27-29-31-33-35-44(55)63-38-41(66-45(56)36-34-32-30-28-26-24-21-18-16-14-12-10-8-6-4-2)39-64-52-51(62)49(60)47(58)43(68-52)40-65-53-50(61)48(59)46(57)42(37-54)67-53/h6,8,12,14,18,21,26,28,41-43,46-54,57-62H,3-5,7,9-11,13,15-17,19-20,22-25,27,29-40H2,1-2H3/b8-6+,14-12+,21-18+,28-26+/t41-,42+,43+,46-,47-,48?,49?,50?,51?,52+,53+/m0/s1. The van der Waals surface area contributed by atoms with Gasteiger partial charge in [0.05, 0.1) is 19.8 Å². The molecule has 0 aliphatic carbocycles. The zero-order chi connectivity index (χ0) is 49.6. The molecule has 0 amide bonds. The third-order valence-corrected chi connectivity index (χ3v) is 12.3. The number of rotatable bonds is 40. The fourth-order valence-electron chi connectivity index (χ4n) is 8.03. The number of aliphatic hydroxyl groups excluding tert-OH is 7. The minimum absolute atomic E-state index is 0.113. The normalized spacial score (nSPS) is 26.1. The first-order valence-corrected chi connectivity index (χ1v) is 26.2. The fraction of sp³-hybridized carbons (Fsp3) is 0.811. The molecule has 0 aromatic carbocycles. The van der Waals surface area contributed by atoms with Crippen LogP contribution < -0.4 is 0 Å². The van der Waals surface area contributed by atoms with Crippen LogP contribution in [0.3, 0.4) is 0 Å². The van der Waals surface area contributed by atoms with Crippen molar-refractivity contribution in [1.29, 1.82) is 0 Å². The molecule has 11 atom stereocenters. The van der Waals surface area contributed by atoms with Crippen molar-refractivity contribution < 1.29 is 73.8 Å². The Balaban J connectivity index is 1.81. The summed E-state index contributed by atoms with van der Waals surface area (Å²) < 4.78 is 33.5. The highest BCUT2D eigenvalue weighted by atomic mass is 16.7. The molecule has 2 aliphatic rings. The second-order valence-electron chi connectivity index (χ2n) is 18.3. The quantitative estimate of drug-likeness (QED) is 0.0179. The van der Waals surface area contributed by atoms with E-state index < -0.39 is 99.3 Å². The van der Waals surface area contributed by atoms with Crippen molar-refractivity contribution in [2.75, 3.05) is 26.4 Å². The van der Waals surface area contributed by atoms with Gasteiger partial charge in [-0.2, -0.15) is 0 Å². The monoisotopic (exact) mass is 969 g/mol.